The average Bonchev–Trinajstić information content (AvgIpc) is 2.95. The fourth-order valence-corrected chi connectivity index (χ4v) is 3.12. The molecule has 1 atom stereocenters. The second-order valence-corrected chi connectivity index (χ2v) is 7.22. The molecule has 20 heavy (non-hydrogen) atoms. The van der Waals surface area contributed by atoms with E-state index in [1.165, 1.54) is 11.8 Å². The molecule has 0 spiro atoms. The Balaban J connectivity index is 1.74. The molecule has 0 aliphatic carbocycles. The third-order valence-electron chi connectivity index (χ3n) is 3.61. The van der Waals surface area contributed by atoms with Gasteiger partial charge in [-0.05, 0) is 27.2 Å². The maximum absolute atomic E-state index is 12.0. The number of carbonyl (C=O) groups is 1. The van der Waals surface area contributed by atoms with Crippen LogP contribution in [0.2, 0.25) is 0 Å². The summed E-state index contributed by atoms with van der Waals surface area (Å²) in [5.41, 5.74) is 0.182. The molecule has 5 nitrogen and oxygen atoms in total. The van der Waals surface area contributed by atoms with Crippen molar-refractivity contribution in [2.45, 2.75) is 43.9 Å². The van der Waals surface area contributed by atoms with Crippen molar-refractivity contribution in [2.24, 2.45) is 7.05 Å². The highest BCUT2D eigenvalue weighted by Gasteiger charge is 2.30. The molecule has 1 amide bonds. The van der Waals surface area contributed by atoms with Crippen LogP contribution in [0, 0.1) is 0 Å². The van der Waals surface area contributed by atoms with Gasteiger partial charge in [0.05, 0.1) is 5.75 Å². The number of likely N-dealkylation sites (tertiary alicyclic amines) is 1. The number of nitrogens with one attached hydrogen (secondary N) is 1. The van der Waals surface area contributed by atoms with Gasteiger partial charge in [0.15, 0.2) is 5.16 Å². The summed E-state index contributed by atoms with van der Waals surface area (Å²) in [7, 11) is 1.94. The zero-order valence-electron chi connectivity index (χ0n) is 12.7. The molecule has 0 bridgehead atoms. The Morgan fingerprint density at radius 3 is 2.85 bits per heavy atom. The Morgan fingerprint density at radius 2 is 2.30 bits per heavy atom. The summed E-state index contributed by atoms with van der Waals surface area (Å²) in [4.78, 5) is 18.6. The quantitative estimate of drug-likeness (QED) is 0.856. The number of thioether (sulfide) groups is 1. The normalized spacial score (nSPS) is 20.3. The minimum absolute atomic E-state index is 0.0961. The van der Waals surface area contributed by atoms with Gasteiger partial charge in [-0.1, -0.05) is 11.8 Å². The summed E-state index contributed by atoms with van der Waals surface area (Å²) in [6.07, 6.45) is 4.67. The van der Waals surface area contributed by atoms with Crippen LogP contribution in [0.3, 0.4) is 0 Å². The first-order valence-electron chi connectivity index (χ1n) is 7.01. The number of nitrogens with zero attached hydrogens (tertiary/aromatic N) is 3. The molecule has 1 aliphatic rings. The highest BCUT2D eigenvalue weighted by molar-refractivity contribution is 7.99. The van der Waals surface area contributed by atoms with Crippen molar-refractivity contribution < 1.29 is 4.79 Å². The number of hydrogen-bond acceptors (Lipinski definition) is 4. The fourth-order valence-electron chi connectivity index (χ4n) is 2.38. The Labute approximate surface area is 125 Å². The van der Waals surface area contributed by atoms with Crippen molar-refractivity contribution in [1.29, 1.82) is 0 Å². The van der Waals surface area contributed by atoms with E-state index in [4.69, 9.17) is 0 Å². The van der Waals surface area contributed by atoms with E-state index >= 15 is 0 Å². The monoisotopic (exact) mass is 296 g/mol. The van der Waals surface area contributed by atoms with Gasteiger partial charge in [0.1, 0.15) is 0 Å². The largest absolute Gasteiger partial charge is 0.351 e. The van der Waals surface area contributed by atoms with Crippen molar-refractivity contribution >= 4 is 17.7 Å². The second kappa shape index (κ2) is 6.18. The Kier molecular flexibility index (Phi) is 4.75. The van der Waals surface area contributed by atoms with Gasteiger partial charge in [-0.2, -0.15) is 0 Å². The molecule has 0 aromatic carbocycles. The summed E-state index contributed by atoms with van der Waals surface area (Å²) in [5.74, 6) is 0.524. The van der Waals surface area contributed by atoms with Crippen LogP contribution < -0.4 is 5.32 Å². The van der Waals surface area contributed by atoms with Crippen LogP contribution in [0.1, 0.15) is 27.2 Å². The van der Waals surface area contributed by atoms with Crippen molar-refractivity contribution in [1.82, 2.24) is 19.8 Å². The van der Waals surface area contributed by atoms with Gasteiger partial charge < -0.3 is 9.88 Å². The molecule has 1 aliphatic heterocycles. The molecule has 0 saturated carbocycles. The molecule has 0 unspecified atom stereocenters. The zero-order valence-corrected chi connectivity index (χ0v) is 13.5. The second-order valence-electron chi connectivity index (χ2n) is 6.28. The number of carbonyl (C=O) groups excluding carboxylic acids is 1. The van der Waals surface area contributed by atoms with Crippen LogP contribution >= 0.6 is 11.8 Å². The zero-order chi connectivity index (χ0) is 14.8. The summed E-state index contributed by atoms with van der Waals surface area (Å²) in [5, 5.41) is 4.00. The molecule has 2 rings (SSSR count). The molecule has 6 heteroatoms. The lowest BCUT2D eigenvalue weighted by atomic mass is 10.1. The maximum atomic E-state index is 12.0. The van der Waals surface area contributed by atoms with Crippen LogP contribution in [0.25, 0.3) is 0 Å². The summed E-state index contributed by atoms with van der Waals surface area (Å²) in [6.45, 7) is 8.65. The first-order chi connectivity index (χ1) is 9.36. The predicted octanol–water partition coefficient (Wildman–Crippen LogP) is 1.50. The maximum Gasteiger partial charge on any atom is 0.230 e. The number of rotatable bonds is 4. The predicted molar refractivity (Wildman–Crippen MR) is 81.8 cm³/mol. The molecule has 1 fully saturated rings. The van der Waals surface area contributed by atoms with Gasteiger partial charge in [0, 0.05) is 44.1 Å². The van der Waals surface area contributed by atoms with Crippen molar-refractivity contribution in [3.8, 4) is 0 Å². The van der Waals surface area contributed by atoms with Crippen LogP contribution in [0.15, 0.2) is 17.6 Å². The van der Waals surface area contributed by atoms with E-state index in [1.807, 2.05) is 17.8 Å². The third kappa shape index (κ3) is 3.99. The molecule has 1 aromatic rings. The lowest BCUT2D eigenvalue weighted by Gasteiger charge is -2.31. The van der Waals surface area contributed by atoms with E-state index in [1.54, 1.807) is 6.20 Å². The molecule has 1 saturated heterocycles. The Hall–Kier alpha value is -1.01. The van der Waals surface area contributed by atoms with Crippen LogP contribution in [-0.2, 0) is 11.8 Å². The summed E-state index contributed by atoms with van der Waals surface area (Å²) in [6, 6.07) is 0.281. The van der Waals surface area contributed by atoms with E-state index in [2.05, 4.69) is 36.0 Å². The van der Waals surface area contributed by atoms with Crippen molar-refractivity contribution in [2.75, 3.05) is 18.8 Å². The van der Waals surface area contributed by atoms with Gasteiger partial charge in [-0.3, -0.25) is 9.69 Å². The van der Waals surface area contributed by atoms with Gasteiger partial charge in [-0.15, -0.1) is 0 Å². The first kappa shape index (κ1) is 15.4. The summed E-state index contributed by atoms with van der Waals surface area (Å²) < 4.78 is 1.93. The van der Waals surface area contributed by atoms with Gasteiger partial charge >= 0.3 is 0 Å². The number of hydrogen-bond donors (Lipinski definition) is 1. The highest BCUT2D eigenvalue weighted by Crippen LogP contribution is 2.20. The third-order valence-corrected chi connectivity index (χ3v) is 4.67. The molecular formula is C14H24N4OS. The molecule has 1 aromatic heterocycles. The number of aromatic nitrogens is 2. The topological polar surface area (TPSA) is 50.2 Å². The minimum Gasteiger partial charge on any atom is -0.351 e. The smallest absolute Gasteiger partial charge is 0.230 e. The average molecular weight is 296 g/mol. The van der Waals surface area contributed by atoms with Crippen molar-refractivity contribution in [3.05, 3.63) is 12.4 Å². The van der Waals surface area contributed by atoms with Gasteiger partial charge in [0.25, 0.3) is 0 Å². The molecule has 0 radical (unpaired) electrons. The van der Waals surface area contributed by atoms with Crippen LogP contribution in [-0.4, -0.2) is 50.8 Å². The van der Waals surface area contributed by atoms with E-state index in [9.17, 15) is 4.79 Å². The van der Waals surface area contributed by atoms with Gasteiger partial charge in [0.2, 0.25) is 5.91 Å². The standard InChI is InChI=1S/C14H24N4OS/c1-14(2,3)18-7-5-11(9-18)16-12(19)10-20-13-15-6-8-17(13)4/h6,8,11H,5,7,9-10H2,1-4H3,(H,16,19)/t11-/m1/s1. The molecule has 1 N–H and O–H groups in total. The number of imidazole rings is 1. The van der Waals surface area contributed by atoms with E-state index in [-0.39, 0.29) is 17.5 Å². The van der Waals surface area contributed by atoms with E-state index in [0.29, 0.717) is 5.75 Å². The molecule has 112 valence electrons. The van der Waals surface area contributed by atoms with E-state index < -0.39 is 0 Å². The molecule has 2 heterocycles. The van der Waals surface area contributed by atoms with Gasteiger partial charge in [-0.25, -0.2) is 4.98 Å². The number of aryl methyl sites for hydroxylation is 1. The molecular weight excluding hydrogens is 272 g/mol. The fraction of sp³-hybridized carbons (Fsp3) is 0.714. The lowest BCUT2D eigenvalue weighted by Crippen LogP contribution is -2.43. The summed E-state index contributed by atoms with van der Waals surface area (Å²) >= 11 is 1.48. The first-order valence-corrected chi connectivity index (χ1v) is 7.99. The Morgan fingerprint density at radius 1 is 1.55 bits per heavy atom. The van der Waals surface area contributed by atoms with Crippen LogP contribution in [0.5, 0.6) is 0 Å². The number of amides is 1. The lowest BCUT2D eigenvalue weighted by molar-refractivity contribution is -0.119. The highest BCUT2D eigenvalue weighted by atomic mass is 32.2. The van der Waals surface area contributed by atoms with E-state index in [0.717, 1.165) is 24.7 Å². The SMILES string of the molecule is Cn1ccnc1SCC(=O)N[C@@H]1CCN(C(C)(C)C)C1. The van der Waals surface area contributed by atoms with Crippen molar-refractivity contribution in [3.63, 3.8) is 0 Å². The van der Waals surface area contributed by atoms with Crippen LogP contribution in [0.4, 0.5) is 0 Å². The minimum atomic E-state index is 0.0961. The Bertz CT molecular complexity index is 466.